The maximum atomic E-state index is 12.9. The van der Waals surface area contributed by atoms with E-state index in [2.05, 4.69) is 15.1 Å². The molecule has 0 bridgehead atoms. The van der Waals surface area contributed by atoms with Crippen molar-refractivity contribution < 1.29 is 9.53 Å². The van der Waals surface area contributed by atoms with Gasteiger partial charge in [0, 0.05) is 37.8 Å². The van der Waals surface area contributed by atoms with Crippen molar-refractivity contribution in [1.82, 2.24) is 24.6 Å². The summed E-state index contributed by atoms with van der Waals surface area (Å²) in [5.41, 5.74) is 2.37. The molecule has 1 aliphatic rings. The molecule has 1 saturated heterocycles. The lowest BCUT2D eigenvalue weighted by molar-refractivity contribution is 0.0760. The van der Waals surface area contributed by atoms with E-state index in [9.17, 15) is 4.79 Å². The fourth-order valence-electron chi connectivity index (χ4n) is 3.11. The van der Waals surface area contributed by atoms with Crippen molar-refractivity contribution in [2.75, 3.05) is 13.1 Å². The highest BCUT2D eigenvalue weighted by atomic mass is 16.5. The van der Waals surface area contributed by atoms with Gasteiger partial charge in [-0.15, -0.1) is 0 Å². The molecule has 0 radical (unpaired) electrons. The zero-order chi connectivity index (χ0) is 17.9. The van der Waals surface area contributed by atoms with Gasteiger partial charge in [-0.3, -0.25) is 9.48 Å². The predicted octanol–water partition coefficient (Wildman–Crippen LogP) is 2.17. The number of carbonyl (C=O) groups excluding carboxylic acids is 1. The van der Waals surface area contributed by atoms with Gasteiger partial charge in [0.1, 0.15) is 18.1 Å². The summed E-state index contributed by atoms with van der Waals surface area (Å²) in [6, 6.07) is 13.4. The van der Waals surface area contributed by atoms with E-state index < -0.39 is 0 Å². The molecule has 0 aliphatic carbocycles. The Hall–Kier alpha value is -3.22. The van der Waals surface area contributed by atoms with Gasteiger partial charge in [-0.2, -0.15) is 5.10 Å². The van der Waals surface area contributed by atoms with E-state index >= 15 is 0 Å². The highest BCUT2D eigenvalue weighted by molar-refractivity contribution is 5.94. The Morgan fingerprint density at radius 2 is 2.08 bits per heavy atom. The van der Waals surface area contributed by atoms with Crippen LogP contribution in [0.5, 0.6) is 5.88 Å². The molecule has 1 atom stereocenters. The van der Waals surface area contributed by atoms with Gasteiger partial charge < -0.3 is 9.64 Å². The van der Waals surface area contributed by atoms with E-state index in [-0.39, 0.29) is 12.0 Å². The van der Waals surface area contributed by atoms with E-state index in [1.807, 2.05) is 36.4 Å². The quantitative estimate of drug-likeness (QED) is 0.722. The molecule has 132 valence electrons. The summed E-state index contributed by atoms with van der Waals surface area (Å²) in [5.74, 6) is 0.502. The van der Waals surface area contributed by atoms with Crippen molar-refractivity contribution in [3.63, 3.8) is 0 Å². The van der Waals surface area contributed by atoms with E-state index in [0.29, 0.717) is 24.7 Å². The van der Waals surface area contributed by atoms with Gasteiger partial charge in [-0.25, -0.2) is 9.97 Å². The summed E-state index contributed by atoms with van der Waals surface area (Å²) in [5, 5.41) is 4.48. The number of hydrogen-bond donors (Lipinski definition) is 0. The SMILES string of the molecule is Cn1nc(-c2ccccc2)cc1C(=O)N1CC[C@@H](Oc2ccncn2)C1. The second kappa shape index (κ2) is 6.95. The number of carbonyl (C=O) groups is 1. The van der Waals surface area contributed by atoms with Crippen LogP contribution < -0.4 is 4.74 Å². The minimum Gasteiger partial charge on any atom is -0.472 e. The summed E-state index contributed by atoms with van der Waals surface area (Å²) in [7, 11) is 1.80. The van der Waals surface area contributed by atoms with Crippen LogP contribution >= 0.6 is 0 Å². The predicted molar refractivity (Wildman–Crippen MR) is 95.6 cm³/mol. The van der Waals surface area contributed by atoms with Gasteiger partial charge in [0.15, 0.2) is 0 Å². The summed E-state index contributed by atoms with van der Waals surface area (Å²) >= 11 is 0. The molecule has 4 rings (SSSR count). The summed E-state index contributed by atoms with van der Waals surface area (Å²) < 4.78 is 7.47. The molecule has 0 saturated carbocycles. The van der Waals surface area contributed by atoms with Crippen molar-refractivity contribution >= 4 is 5.91 Å². The molecule has 1 aliphatic heterocycles. The topological polar surface area (TPSA) is 73.1 Å². The highest BCUT2D eigenvalue weighted by Crippen LogP contribution is 2.22. The van der Waals surface area contributed by atoms with Crippen LogP contribution in [0.25, 0.3) is 11.3 Å². The molecule has 1 amide bonds. The molecule has 1 fully saturated rings. The summed E-state index contributed by atoms with van der Waals surface area (Å²) in [6.07, 6.45) is 3.81. The van der Waals surface area contributed by atoms with Crippen molar-refractivity contribution in [1.29, 1.82) is 0 Å². The van der Waals surface area contributed by atoms with Crippen LogP contribution in [0.3, 0.4) is 0 Å². The van der Waals surface area contributed by atoms with Crippen LogP contribution in [0.2, 0.25) is 0 Å². The van der Waals surface area contributed by atoms with Gasteiger partial charge in [-0.1, -0.05) is 30.3 Å². The van der Waals surface area contributed by atoms with Gasteiger partial charge in [0.25, 0.3) is 5.91 Å². The maximum absolute atomic E-state index is 12.9. The second-order valence-corrected chi connectivity index (χ2v) is 6.23. The minimum absolute atomic E-state index is 0.0315. The van der Waals surface area contributed by atoms with Crippen molar-refractivity contribution in [2.24, 2.45) is 7.05 Å². The lowest BCUT2D eigenvalue weighted by atomic mass is 10.1. The molecule has 26 heavy (non-hydrogen) atoms. The van der Waals surface area contributed by atoms with Gasteiger partial charge >= 0.3 is 0 Å². The fraction of sp³-hybridized carbons (Fsp3) is 0.263. The number of hydrogen-bond acceptors (Lipinski definition) is 5. The number of ether oxygens (including phenoxy) is 1. The number of nitrogens with zero attached hydrogens (tertiary/aromatic N) is 5. The molecular formula is C19H19N5O2. The third-order valence-electron chi connectivity index (χ3n) is 4.44. The normalized spacial score (nSPS) is 16.7. The molecule has 0 unspecified atom stereocenters. The molecule has 3 heterocycles. The molecular weight excluding hydrogens is 330 g/mol. The number of aromatic nitrogens is 4. The van der Waals surface area contributed by atoms with Crippen LogP contribution in [-0.4, -0.2) is 49.7 Å². The molecule has 7 heteroatoms. The van der Waals surface area contributed by atoms with E-state index in [1.165, 1.54) is 6.33 Å². The van der Waals surface area contributed by atoms with Crippen molar-refractivity contribution in [3.05, 3.63) is 60.7 Å². The molecule has 0 spiro atoms. The number of likely N-dealkylation sites (tertiary alicyclic amines) is 1. The van der Waals surface area contributed by atoms with Gasteiger partial charge in [0.2, 0.25) is 5.88 Å². The first-order valence-electron chi connectivity index (χ1n) is 8.52. The maximum Gasteiger partial charge on any atom is 0.272 e. The monoisotopic (exact) mass is 349 g/mol. The number of aryl methyl sites for hydroxylation is 1. The Morgan fingerprint density at radius 1 is 1.23 bits per heavy atom. The number of benzene rings is 1. The average Bonchev–Trinajstić information content (AvgIpc) is 3.30. The van der Waals surface area contributed by atoms with Crippen molar-refractivity contribution in [2.45, 2.75) is 12.5 Å². The van der Waals surface area contributed by atoms with E-state index in [4.69, 9.17) is 4.74 Å². The Kier molecular flexibility index (Phi) is 4.35. The Bertz CT molecular complexity index is 895. The highest BCUT2D eigenvalue weighted by Gasteiger charge is 2.30. The van der Waals surface area contributed by atoms with Crippen LogP contribution in [-0.2, 0) is 7.05 Å². The first kappa shape index (κ1) is 16.3. The molecule has 0 N–H and O–H groups in total. The van der Waals surface area contributed by atoms with E-state index in [0.717, 1.165) is 17.7 Å². The minimum atomic E-state index is -0.0596. The Balaban J connectivity index is 1.46. The molecule has 1 aromatic carbocycles. The van der Waals surface area contributed by atoms with Crippen LogP contribution in [0, 0.1) is 0 Å². The average molecular weight is 349 g/mol. The number of amides is 1. The molecule has 2 aromatic heterocycles. The standard InChI is InChI=1S/C19H19N5O2/c1-23-17(11-16(22-23)14-5-3-2-4-6-14)19(25)24-10-8-15(12-24)26-18-7-9-20-13-21-18/h2-7,9,11,13,15H,8,10,12H2,1H3/t15-/m1/s1. The lowest BCUT2D eigenvalue weighted by Crippen LogP contribution is -2.32. The smallest absolute Gasteiger partial charge is 0.272 e. The third kappa shape index (κ3) is 3.28. The second-order valence-electron chi connectivity index (χ2n) is 6.23. The largest absolute Gasteiger partial charge is 0.472 e. The van der Waals surface area contributed by atoms with Crippen LogP contribution in [0.1, 0.15) is 16.9 Å². The summed E-state index contributed by atoms with van der Waals surface area (Å²) in [6.45, 7) is 1.19. The first-order valence-corrected chi connectivity index (χ1v) is 8.52. The third-order valence-corrected chi connectivity index (χ3v) is 4.44. The van der Waals surface area contributed by atoms with Gasteiger partial charge in [-0.05, 0) is 6.07 Å². The van der Waals surface area contributed by atoms with Crippen molar-refractivity contribution in [3.8, 4) is 17.1 Å². The zero-order valence-electron chi connectivity index (χ0n) is 14.4. The van der Waals surface area contributed by atoms with Crippen LogP contribution in [0.15, 0.2) is 55.0 Å². The first-order chi connectivity index (χ1) is 12.7. The van der Waals surface area contributed by atoms with Gasteiger partial charge in [0.05, 0.1) is 12.2 Å². The lowest BCUT2D eigenvalue weighted by Gasteiger charge is -2.16. The Morgan fingerprint density at radius 3 is 2.85 bits per heavy atom. The molecule has 3 aromatic rings. The van der Waals surface area contributed by atoms with E-state index in [1.54, 1.807) is 28.9 Å². The summed E-state index contributed by atoms with van der Waals surface area (Å²) in [4.78, 5) is 22.6. The molecule has 7 nitrogen and oxygen atoms in total. The number of rotatable bonds is 4. The van der Waals surface area contributed by atoms with Crippen LogP contribution in [0.4, 0.5) is 0 Å². The zero-order valence-corrected chi connectivity index (χ0v) is 14.4. The fourth-order valence-corrected chi connectivity index (χ4v) is 3.11. The Labute approximate surface area is 151 Å².